The molecule has 0 fully saturated rings. The second-order valence-electron chi connectivity index (χ2n) is 14.9. The van der Waals surface area contributed by atoms with Crippen molar-refractivity contribution in [2.45, 2.75) is 19.3 Å². The fourth-order valence-corrected chi connectivity index (χ4v) is 9.18. The molecule has 0 atom stereocenters. The van der Waals surface area contributed by atoms with Crippen LogP contribution in [0.3, 0.4) is 0 Å². The van der Waals surface area contributed by atoms with Crippen LogP contribution in [0.2, 0.25) is 0 Å². The zero-order valence-corrected chi connectivity index (χ0v) is 28.7. The Morgan fingerprint density at radius 2 is 0.725 bits per heavy atom. The van der Waals surface area contributed by atoms with Gasteiger partial charge in [-0.2, -0.15) is 0 Å². The van der Waals surface area contributed by atoms with Gasteiger partial charge in [-0.3, -0.25) is 0 Å². The molecule has 0 aliphatic heterocycles. The standard InChI is InChI=1S/C51H34/c1-51(2)47-18-10-9-15-41(47)44-29-45-46(30-48(44)51)50(38-22-20-36-24-32-12-4-6-14-34(32)26-40(36)28-38)43-17-8-7-16-42(43)49(45)37-21-19-35-23-31-11-3-5-13-33(31)25-39(35)27-37/h3-30H,1-2H3. The molecule has 238 valence electrons. The van der Waals surface area contributed by atoms with E-state index in [4.69, 9.17) is 0 Å². The third-order valence-electron chi connectivity index (χ3n) is 11.7. The van der Waals surface area contributed by atoms with Gasteiger partial charge in [0.1, 0.15) is 0 Å². The lowest BCUT2D eigenvalue weighted by Gasteiger charge is -2.24. The Kier molecular flexibility index (Phi) is 5.82. The molecule has 0 saturated carbocycles. The van der Waals surface area contributed by atoms with Crippen LogP contribution in [-0.4, -0.2) is 0 Å². The topological polar surface area (TPSA) is 0 Å². The highest BCUT2D eigenvalue weighted by molar-refractivity contribution is 6.23. The summed E-state index contributed by atoms with van der Waals surface area (Å²) in [6.45, 7) is 4.78. The molecule has 51 heavy (non-hydrogen) atoms. The summed E-state index contributed by atoms with van der Waals surface area (Å²) in [4.78, 5) is 0. The van der Waals surface area contributed by atoms with Crippen LogP contribution in [0.5, 0.6) is 0 Å². The first-order valence-electron chi connectivity index (χ1n) is 18.0. The quantitative estimate of drug-likeness (QED) is 0.164. The largest absolute Gasteiger partial charge is 0.0619 e. The summed E-state index contributed by atoms with van der Waals surface area (Å²) in [5.74, 6) is 0. The summed E-state index contributed by atoms with van der Waals surface area (Å²) >= 11 is 0. The minimum atomic E-state index is -0.102. The van der Waals surface area contributed by atoms with E-state index in [1.807, 2.05) is 0 Å². The van der Waals surface area contributed by atoms with Gasteiger partial charge in [0.25, 0.3) is 0 Å². The van der Waals surface area contributed by atoms with E-state index in [1.54, 1.807) is 0 Å². The Hall–Kier alpha value is -6.24. The summed E-state index contributed by atoms with van der Waals surface area (Å²) in [5, 5.41) is 15.3. The highest BCUT2D eigenvalue weighted by Crippen LogP contribution is 2.53. The van der Waals surface area contributed by atoms with Crippen molar-refractivity contribution in [2.75, 3.05) is 0 Å². The summed E-state index contributed by atoms with van der Waals surface area (Å²) in [7, 11) is 0. The smallest absolute Gasteiger partial charge is 0.0159 e. The normalized spacial score (nSPS) is 13.5. The van der Waals surface area contributed by atoms with Crippen molar-refractivity contribution < 1.29 is 0 Å². The van der Waals surface area contributed by atoms with E-state index in [2.05, 4.69) is 184 Å². The van der Waals surface area contributed by atoms with E-state index in [0.717, 1.165) is 0 Å². The van der Waals surface area contributed by atoms with Crippen molar-refractivity contribution in [2.24, 2.45) is 0 Å². The monoisotopic (exact) mass is 646 g/mol. The van der Waals surface area contributed by atoms with Crippen LogP contribution in [0.15, 0.2) is 170 Å². The molecule has 0 N–H and O–H groups in total. The molecule has 11 rings (SSSR count). The molecule has 0 saturated heterocycles. The zero-order valence-electron chi connectivity index (χ0n) is 28.7. The van der Waals surface area contributed by atoms with E-state index in [0.29, 0.717) is 0 Å². The highest BCUT2D eigenvalue weighted by Gasteiger charge is 2.36. The van der Waals surface area contributed by atoms with Gasteiger partial charge < -0.3 is 0 Å². The van der Waals surface area contributed by atoms with E-state index >= 15 is 0 Å². The lowest BCUT2D eigenvalue weighted by Crippen LogP contribution is -2.14. The summed E-state index contributed by atoms with van der Waals surface area (Å²) in [5.41, 5.74) is 10.5. The molecule has 0 heterocycles. The van der Waals surface area contributed by atoms with Crippen molar-refractivity contribution >= 4 is 64.6 Å². The molecule has 10 aromatic rings. The number of rotatable bonds is 2. The average molecular weight is 647 g/mol. The van der Waals surface area contributed by atoms with Gasteiger partial charge in [-0.15, -0.1) is 0 Å². The fraction of sp³-hybridized carbons (Fsp3) is 0.0588. The molecule has 0 bridgehead atoms. The molecule has 0 nitrogen and oxygen atoms in total. The molecule has 1 aliphatic carbocycles. The first-order valence-corrected chi connectivity index (χ1v) is 18.0. The molecule has 1 aliphatic rings. The van der Waals surface area contributed by atoms with E-state index in [-0.39, 0.29) is 5.41 Å². The first kappa shape index (κ1) is 28.6. The SMILES string of the molecule is CC1(C)c2ccccc2-c2cc3c(-c4ccc5cc6ccccc6cc5c4)c4ccccc4c(-c4ccc5cc6ccccc6cc5c4)c3cc21. The van der Waals surface area contributed by atoms with Crippen LogP contribution in [-0.2, 0) is 5.41 Å². The van der Waals surface area contributed by atoms with Crippen LogP contribution in [0.25, 0.3) is 98.0 Å². The molecule has 10 aromatic carbocycles. The van der Waals surface area contributed by atoms with Gasteiger partial charge in [0.15, 0.2) is 0 Å². The maximum Gasteiger partial charge on any atom is 0.0159 e. The predicted molar refractivity (Wildman–Crippen MR) is 220 cm³/mol. The average Bonchev–Trinajstić information content (AvgIpc) is 3.39. The first-order chi connectivity index (χ1) is 25.0. The van der Waals surface area contributed by atoms with E-state index < -0.39 is 0 Å². The van der Waals surface area contributed by atoms with Crippen molar-refractivity contribution in [1.82, 2.24) is 0 Å². The summed E-state index contributed by atoms with van der Waals surface area (Å²) in [6, 6.07) is 64.0. The second kappa shape index (κ2) is 10.4. The molecule has 0 unspecified atom stereocenters. The van der Waals surface area contributed by atoms with Gasteiger partial charge in [-0.05, 0) is 158 Å². The van der Waals surface area contributed by atoms with Gasteiger partial charge in [0.05, 0.1) is 0 Å². The van der Waals surface area contributed by atoms with Gasteiger partial charge in [0.2, 0.25) is 0 Å². The second-order valence-corrected chi connectivity index (χ2v) is 14.9. The van der Waals surface area contributed by atoms with Crippen LogP contribution in [0.1, 0.15) is 25.0 Å². The maximum absolute atomic E-state index is 2.54. The Labute approximate surface area is 297 Å². The van der Waals surface area contributed by atoms with Gasteiger partial charge in [-0.1, -0.05) is 135 Å². The molecular formula is C51H34. The zero-order chi connectivity index (χ0) is 33.8. The Morgan fingerprint density at radius 1 is 0.294 bits per heavy atom. The van der Waals surface area contributed by atoms with Gasteiger partial charge in [-0.25, -0.2) is 0 Å². The van der Waals surface area contributed by atoms with Crippen LogP contribution < -0.4 is 0 Å². The van der Waals surface area contributed by atoms with Crippen LogP contribution >= 0.6 is 0 Å². The van der Waals surface area contributed by atoms with Crippen LogP contribution in [0.4, 0.5) is 0 Å². The number of benzene rings is 10. The van der Waals surface area contributed by atoms with Crippen molar-refractivity contribution in [3.63, 3.8) is 0 Å². The third-order valence-corrected chi connectivity index (χ3v) is 11.7. The molecule has 0 amide bonds. The van der Waals surface area contributed by atoms with Gasteiger partial charge >= 0.3 is 0 Å². The molecule has 0 aromatic heterocycles. The minimum absolute atomic E-state index is 0.102. The number of hydrogen-bond acceptors (Lipinski definition) is 0. The summed E-state index contributed by atoms with van der Waals surface area (Å²) in [6.07, 6.45) is 0. The Balaban J connectivity index is 1.27. The Bertz CT molecular complexity index is 3100. The van der Waals surface area contributed by atoms with E-state index in [9.17, 15) is 0 Å². The number of hydrogen-bond donors (Lipinski definition) is 0. The lowest BCUT2D eigenvalue weighted by atomic mass is 9.79. The molecule has 0 spiro atoms. The minimum Gasteiger partial charge on any atom is -0.0619 e. The van der Waals surface area contributed by atoms with Crippen molar-refractivity contribution in [3.05, 3.63) is 181 Å². The Morgan fingerprint density at radius 3 is 1.27 bits per heavy atom. The number of fused-ring (bicyclic) bond motifs is 9. The lowest BCUT2D eigenvalue weighted by molar-refractivity contribution is 0.661. The third kappa shape index (κ3) is 4.14. The fourth-order valence-electron chi connectivity index (χ4n) is 9.18. The maximum atomic E-state index is 2.54. The van der Waals surface area contributed by atoms with Gasteiger partial charge in [0, 0.05) is 5.41 Å². The predicted octanol–water partition coefficient (Wildman–Crippen LogP) is 14.2. The molecule has 0 radical (unpaired) electrons. The van der Waals surface area contributed by atoms with Crippen molar-refractivity contribution in [3.8, 4) is 33.4 Å². The van der Waals surface area contributed by atoms with Crippen molar-refractivity contribution in [1.29, 1.82) is 0 Å². The summed E-state index contributed by atoms with van der Waals surface area (Å²) < 4.78 is 0. The molecular weight excluding hydrogens is 613 g/mol. The van der Waals surface area contributed by atoms with Crippen LogP contribution in [0, 0.1) is 0 Å². The molecule has 0 heteroatoms. The van der Waals surface area contributed by atoms with E-state index in [1.165, 1.54) is 109 Å². The highest BCUT2D eigenvalue weighted by atomic mass is 14.4.